The van der Waals surface area contributed by atoms with Crippen molar-refractivity contribution in [1.29, 1.82) is 0 Å². The van der Waals surface area contributed by atoms with E-state index < -0.39 is 6.10 Å². The highest BCUT2D eigenvalue weighted by atomic mass is 35.5. The van der Waals surface area contributed by atoms with Crippen LogP contribution in [0.15, 0.2) is 60.7 Å². The topological polar surface area (TPSA) is 53.3 Å². The van der Waals surface area contributed by atoms with Crippen LogP contribution in [0.4, 0.5) is 5.82 Å². The number of nitrogens with one attached hydrogen (secondary N) is 1. The minimum atomic E-state index is -0.524. The molecular weight excluding hydrogens is 360 g/mol. The smallest absolute Gasteiger partial charge is 0.154 e. The van der Waals surface area contributed by atoms with Gasteiger partial charge in [-0.1, -0.05) is 72.3 Å². The molecule has 1 aromatic heterocycles. The lowest BCUT2D eigenvalue weighted by atomic mass is 10.0. The van der Waals surface area contributed by atoms with Gasteiger partial charge in [0.15, 0.2) is 5.82 Å². The van der Waals surface area contributed by atoms with Gasteiger partial charge in [-0.2, -0.15) is 5.10 Å². The molecule has 27 heavy (non-hydrogen) atoms. The summed E-state index contributed by atoms with van der Waals surface area (Å²) in [6.45, 7) is 2.13. The first-order chi connectivity index (χ1) is 13.1. The molecule has 0 radical (unpaired) electrons. The molecule has 138 valence electrons. The molecule has 0 spiro atoms. The Morgan fingerprint density at radius 2 is 1.63 bits per heavy atom. The number of fused-ring (bicyclic) bond motifs is 1. The summed E-state index contributed by atoms with van der Waals surface area (Å²) in [7, 11) is 1.93. The van der Waals surface area contributed by atoms with E-state index in [0.29, 0.717) is 11.6 Å². The van der Waals surface area contributed by atoms with Crippen molar-refractivity contribution in [2.45, 2.75) is 19.6 Å². The number of rotatable bonds is 4. The minimum Gasteiger partial charge on any atom is -0.391 e. The largest absolute Gasteiger partial charge is 0.391 e. The van der Waals surface area contributed by atoms with Crippen LogP contribution in [0.1, 0.15) is 18.1 Å². The van der Waals surface area contributed by atoms with Gasteiger partial charge in [-0.25, -0.2) is 4.68 Å². The Labute approximate surface area is 163 Å². The summed E-state index contributed by atoms with van der Waals surface area (Å²) in [5.74, 6) is 0.833. The first kappa shape index (κ1) is 17.6. The maximum Gasteiger partial charge on any atom is 0.154 e. The van der Waals surface area contributed by atoms with Gasteiger partial charge in [0.1, 0.15) is 5.69 Å². The molecule has 1 aliphatic heterocycles. The fourth-order valence-electron chi connectivity index (χ4n) is 3.36. The van der Waals surface area contributed by atoms with E-state index in [-0.39, 0.29) is 0 Å². The summed E-state index contributed by atoms with van der Waals surface area (Å²) >= 11 is 6.89. The molecule has 0 bridgehead atoms. The molecule has 4 rings (SSSR count). The maximum atomic E-state index is 9.92. The number of halogens is 1. The monoisotopic (exact) mass is 380 g/mol. The van der Waals surface area contributed by atoms with Crippen molar-refractivity contribution < 1.29 is 5.11 Å². The molecule has 0 saturated carbocycles. The van der Waals surface area contributed by atoms with Gasteiger partial charge in [-0.05, 0) is 6.92 Å². The summed E-state index contributed by atoms with van der Waals surface area (Å²) in [5, 5.41) is 17.2. The van der Waals surface area contributed by atoms with Gasteiger partial charge in [0.25, 0.3) is 0 Å². The van der Waals surface area contributed by atoms with Crippen LogP contribution in [-0.4, -0.2) is 28.0 Å². The van der Waals surface area contributed by atoms with Crippen molar-refractivity contribution in [3.05, 3.63) is 71.8 Å². The van der Waals surface area contributed by atoms with Gasteiger partial charge in [0, 0.05) is 18.2 Å². The normalized spacial score (nSPS) is 14.7. The second-order valence-corrected chi connectivity index (χ2v) is 7.05. The Bertz CT molecular complexity index is 980. The summed E-state index contributed by atoms with van der Waals surface area (Å²) in [5.41, 5.74) is 7.85. The zero-order valence-corrected chi connectivity index (χ0v) is 16.0. The van der Waals surface area contributed by atoms with Gasteiger partial charge in [0.05, 0.1) is 28.9 Å². The molecule has 0 saturated heterocycles. The quantitative estimate of drug-likeness (QED) is 0.719. The molecule has 0 amide bonds. The number of hydrogen-bond acceptors (Lipinski definition) is 4. The van der Waals surface area contributed by atoms with Crippen LogP contribution < -0.4 is 10.4 Å². The fraction of sp³-hybridized carbons (Fsp3) is 0.190. The number of aromatic nitrogens is 2. The first-order valence-corrected chi connectivity index (χ1v) is 9.24. The lowest BCUT2D eigenvalue weighted by Gasteiger charge is -2.30. The Morgan fingerprint density at radius 1 is 1.04 bits per heavy atom. The molecule has 0 aliphatic carbocycles. The Balaban J connectivity index is 1.96. The molecule has 1 atom stereocenters. The average Bonchev–Trinajstić information content (AvgIpc) is 3.05. The second-order valence-electron chi connectivity index (χ2n) is 6.67. The minimum absolute atomic E-state index is 0.381. The van der Waals surface area contributed by atoms with Crippen LogP contribution in [0.3, 0.4) is 0 Å². The Morgan fingerprint density at radius 3 is 2.22 bits per heavy atom. The van der Waals surface area contributed by atoms with Crippen molar-refractivity contribution in [2.24, 2.45) is 0 Å². The third kappa shape index (κ3) is 3.20. The zero-order chi connectivity index (χ0) is 19.0. The lowest BCUT2D eigenvalue weighted by molar-refractivity contribution is 0.169. The number of hydrazine groups is 1. The highest BCUT2D eigenvalue weighted by Crippen LogP contribution is 2.43. The van der Waals surface area contributed by atoms with E-state index in [2.05, 4.69) is 5.43 Å². The first-order valence-electron chi connectivity index (χ1n) is 8.86. The third-order valence-electron chi connectivity index (χ3n) is 4.51. The summed E-state index contributed by atoms with van der Waals surface area (Å²) < 4.78 is 1.81. The van der Waals surface area contributed by atoms with Crippen LogP contribution in [-0.2, 0) is 6.54 Å². The number of nitrogens with zero attached hydrogens (tertiary/aromatic N) is 3. The number of aliphatic hydroxyl groups is 1. The van der Waals surface area contributed by atoms with Crippen LogP contribution in [0.5, 0.6) is 0 Å². The van der Waals surface area contributed by atoms with Crippen molar-refractivity contribution in [2.75, 3.05) is 12.1 Å². The predicted molar refractivity (Wildman–Crippen MR) is 110 cm³/mol. The van der Waals surface area contributed by atoms with Gasteiger partial charge in [-0.3, -0.25) is 10.4 Å². The Kier molecular flexibility index (Phi) is 4.64. The van der Waals surface area contributed by atoms with Crippen LogP contribution >= 0.6 is 11.6 Å². The SMILES string of the molecule is CC(O)Cn1nc(-c2ccccc2)c2c1N(C)NC(c1ccccc1)=C2Cl. The van der Waals surface area contributed by atoms with E-state index in [1.54, 1.807) is 11.6 Å². The summed E-state index contributed by atoms with van der Waals surface area (Å²) in [6, 6.07) is 20.0. The van der Waals surface area contributed by atoms with Gasteiger partial charge < -0.3 is 5.11 Å². The van der Waals surface area contributed by atoms with Crippen LogP contribution in [0, 0.1) is 0 Å². The number of aliphatic hydroxyl groups excluding tert-OH is 1. The summed E-state index contributed by atoms with van der Waals surface area (Å²) in [4.78, 5) is 0. The van der Waals surface area contributed by atoms with E-state index in [1.165, 1.54) is 0 Å². The third-order valence-corrected chi connectivity index (χ3v) is 4.89. The molecule has 1 aliphatic rings. The van der Waals surface area contributed by atoms with Crippen molar-refractivity contribution in [1.82, 2.24) is 15.2 Å². The molecule has 2 N–H and O–H groups in total. The van der Waals surface area contributed by atoms with E-state index >= 15 is 0 Å². The molecular formula is C21H21ClN4O. The van der Waals surface area contributed by atoms with E-state index in [0.717, 1.165) is 33.9 Å². The van der Waals surface area contributed by atoms with E-state index in [9.17, 15) is 5.11 Å². The molecule has 1 unspecified atom stereocenters. The standard InChI is InChI=1S/C21H21ClN4O/c1-14(27)13-26-21-17(19(24-26)15-9-5-3-6-10-15)18(22)20(23-25(21)2)16-11-7-4-8-12-16/h3-12,14,23,27H,13H2,1-2H3. The van der Waals surface area contributed by atoms with Crippen molar-refractivity contribution >= 4 is 28.1 Å². The zero-order valence-electron chi connectivity index (χ0n) is 15.2. The molecule has 2 heterocycles. The lowest BCUT2D eigenvalue weighted by Crippen LogP contribution is -2.38. The number of anilines is 1. The van der Waals surface area contributed by atoms with Crippen LogP contribution in [0.2, 0.25) is 0 Å². The fourth-order valence-corrected chi connectivity index (χ4v) is 3.69. The maximum absolute atomic E-state index is 9.92. The Hall–Kier alpha value is -2.76. The summed E-state index contributed by atoms with van der Waals surface area (Å²) in [6.07, 6.45) is -0.524. The highest BCUT2D eigenvalue weighted by Gasteiger charge is 2.31. The number of hydrogen-bond donors (Lipinski definition) is 2. The van der Waals surface area contributed by atoms with Gasteiger partial charge in [0.2, 0.25) is 0 Å². The van der Waals surface area contributed by atoms with Gasteiger partial charge in [-0.15, -0.1) is 0 Å². The molecule has 3 aromatic rings. The van der Waals surface area contributed by atoms with E-state index in [1.807, 2.05) is 72.7 Å². The molecule has 6 heteroatoms. The van der Waals surface area contributed by atoms with Crippen LogP contribution in [0.25, 0.3) is 22.0 Å². The average molecular weight is 381 g/mol. The molecule has 5 nitrogen and oxygen atoms in total. The predicted octanol–water partition coefficient (Wildman–Crippen LogP) is 3.95. The highest BCUT2D eigenvalue weighted by molar-refractivity contribution is 6.53. The van der Waals surface area contributed by atoms with Crippen molar-refractivity contribution in [3.8, 4) is 11.3 Å². The second kappa shape index (κ2) is 7.10. The van der Waals surface area contributed by atoms with Gasteiger partial charge >= 0.3 is 0 Å². The molecule has 2 aromatic carbocycles. The molecule has 0 fully saturated rings. The number of benzene rings is 2. The van der Waals surface area contributed by atoms with Crippen molar-refractivity contribution in [3.63, 3.8) is 0 Å². The van der Waals surface area contributed by atoms with E-state index in [4.69, 9.17) is 16.7 Å².